The second kappa shape index (κ2) is 5.72. The maximum absolute atomic E-state index is 4.17. The van der Waals surface area contributed by atoms with Gasteiger partial charge in [0, 0.05) is 17.9 Å². The number of hydrogen-bond acceptors (Lipinski definition) is 1. The van der Waals surface area contributed by atoms with Crippen molar-refractivity contribution in [3.8, 4) is 0 Å². The van der Waals surface area contributed by atoms with Crippen molar-refractivity contribution in [1.82, 2.24) is 0 Å². The van der Waals surface area contributed by atoms with Crippen molar-refractivity contribution in [3.63, 3.8) is 0 Å². The summed E-state index contributed by atoms with van der Waals surface area (Å²) in [6.07, 6.45) is 8.66. The van der Waals surface area contributed by atoms with Gasteiger partial charge in [0.1, 0.15) is 0 Å². The monoisotopic (exact) mass is 239 g/mol. The number of nitrogens with zero attached hydrogens (tertiary/aromatic N) is 1. The van der Waals surface area contributed by atoms with Crippen LogP contribution in [0.3, 0.4) is 0 Å². The minimum atomic E-state index is 1.08. The number of rotatable bonds is 3. The third-order valence-corrected chi connectivity index (χ3v) is 3.37. The van der Waals surface area contributed by atoms with Crippen LogP contribution in [-0.4, -0.2) is 6.54 Å². The smallest absolute Gasteiger partial charge is 0.0443 e. The summed E-state index contributed by atoms with van der Waals surface area (Å²) in [6.45, 7) is 9.36. The van der Waals surface area contributed by atoms with Crippen LogP contribution in [0.1, 0.15) is 25.8 Å². The molecule has 0 bridgehead atoms. The molecule has 0 radical (unpaired) electrons. The zero-order chi connectivity index (χ0) is 13.0. The van der Waals surface area contributed by atoms with Crippen LogP contribution in [-0.2, 0) is 6.42 Å². The van der Waals surface area contributed by atoms with Gasteiger partial charge >= 0.3 is 0 Å². The first-order valence-corrected chi connectivity index (χ1v) is 6.61. The summed E-state index contributed by atoms with van der Waals surface area (Å²) < 4.78 is 0. The molecule has 1 aromatic rings. The molecular weight excluding hydrogens is 218 g/mol. The Kier molecular flexibility index (Phi) is 4.03. The predicted octanol–water partition coefficient (Wildman–Crippen LogP) is 4.48. The van der Waals surface area contributed by atoms with Crippen molar-refractivity contribution in [2.75, 3.05) is 11.4 Å². The van der Waals surface area contributed by atoms with Gasteiger partial charge in [-0.15, -0.1) is 0 Å². The van der Waals surface area contributed by atoms with E-state index in [-0.39, 0.29) is 0 Å². The molecule has 1 aromatic carbocycles. The van der Waals surface area contributed by atoms with E-state index in [4.69, 9.17) is 0 Å². The van der Waals surface area contributed by atoms with Crippen molar-refractivity contribution in [2.45, 2.75) is 26.7 Å². The first-order valence-electron chi connectivity index (χ1n) is 6.61. The fraction of sp³-hybridized carbons (Fsp3) is 0.294. The lowest BCUT2D eigenvalue weighted by atomic mass is 9.99. The number of anilines is 1. The van der Waals surface area contributed by atoms with Crippen LogP contribution in [0.2, 0.25) is 0 Å². The lowest BCUT2D eigenvalue weighted by Gasteiger charge is -2.33. The van der Waals surface area contributed by atoms with E-state index in [9.17, 15) is 0 Å². The molecule has 0 unspecified atom stereocenters. The Hall–Kier alpha value is -1.76. The molecule has 0 atom stereocenters. The molecule has 94 valence electrons. The fourth-order valence-electron chi connectivity index (χ4n) is 2.58. The molecule has 0 saturated heterocycles. The first-order chi connectivity index (χ1) is 8.77. The van der Waals surface area contributed by atoms with Gasteiger partial charge in [0.2, 0.25) is 0 Å². The Morgan fingerprint density at radius 2 is 2.06 bits per heavy atom. The van der Waals surface area contributed by atoms with Crippen LogP contribution in [0.4, 0.5) is 5.69 Å². The number of fused-ring (bicyclic) bond motifs is 1. The zero-order valence-corrected chi connectivity index (χ0v) is 11.3. The zero-order valence-electron chi connectivity index (χ0n) is 11.3. The summed E-state index contributed by atoms with van der Waals surface area (Å²) in [7, 11) is 0. The Bertz CT molecular complexity index is 494. The molecule has 0 aromatic heterocycles. The summed E-state index contributed by atoms with van der Waals surface area (Å²) in [5, 5.41) is 0. The van der Waals surface area contributed by atoms with Gasteiger partial charge in [-0.25, -0.2) is 0 Å². The van der Waals surface area contributed by atoms with E-state index >= 15 is 0 Å². The molecule has 0 aliphatic carbocycles. The van der Waals surface area contributed by atoms with Gasteiger partial charge in [-0.3, -0.25) is 0 Å². The third kappa shape index (κ3) is 2.40. The van der Waals surface area contributed by atoms with Crippen LogP contribution in [0.5, 0.6) is 0 Å². The second-order valence-corrected chi connectivity index (χ2v) is 4.58. The molecule has 1 heteroatoms. The molecule has 1 nitrogen and oxygen atoms in total. The normalized spacial score (nSPS) is 15.9. The van der Waals surface area contributed by atoms with Crippen molar-refractivity contribution >= 4 is 5.69 Å². The van der Waals surface area contributed by atoms with Gasteiger partial charge in [-0.1, -0.05) is 43.0 Å². The number of benzene rings is 1. The average molecular weight is 239 g/mol. The first kappa shape index (κ1) is 12.7. The van der Waals surface area contributed by atoms with Crippen LogP contribution in [0.15, 0.2) is 60.3 Å². The molecule has 0 amide bonds. The quantitative estimate of drug-likeness (QED) is 0.703. The van der Waals surface area contributed by atoms with Gasteiger partial charge in [0.05, 0.1) is 0 Å². The van der Waals surface area contributed by atoms with Crippen LogP contribution in [0, 0.1) is 0 Å². The van der Waals surface area contributed by atoms with E-state index in [0.717, 1.165) is 12.1 Å². The number of hydrogen-bond donors (Lipinski definition) is 0. The molecule has 0 N–H and O–H groups in total. The molecule has 1 aliphatic heterocycles. The Morgan fingerprint density at radius 3 is 2.78 bits per heavy atom. The standard InChI is InChI=1S/C17H21N/c1-4-9-14(3)16(5-2)18-13-8-11-15-10-6-7-12-17(15)18/h4-7,9-10,12H,3,8,11,13H2,1-2H3/b9-4-,16-5+. The van der Waals surface area contributed by atoms with Crippen LogP contribution in [0.25, 0.3) is 0 Å². The van der Waals surface area contributed by atoms with Crippen molar-refractivity contribution in [1.29, 1.82) is 0 Å². The summed E-state index contributed by atoms with van der Waals surface area (Å²) in [5.74, 6) is 0. The van der Waals surface area contributed by atoms with Crippen molar-refractivity contribution in [3.05, 3.63) is 65.9 Å². The van der Waals surface area contributed by atoms with Crippen LogP contribution >= 0.6 is 0 Å². The van der Waals surface area contributed by atoms with Gasteiger partial charge in [-0.2, -0.15) is 0 Å². The van der Waals surface area contributed by atoms with Crippen molar-refractivity contribution < 1.29 is 0 Å². The Morgan fingerprint density at radius 1 is 1.28 bits per heavy atom. The average Bonchev–Trinajstić information content (AvgIpc) is 2.40. The number of para-hydroxylation sites is 1. The Labute approximate surface area is 110 Å². The number of allylic oxidation sites excluding steroid dienone is 3. The van der Waals surface area contributed by atoms with E-state index in [0.29, 0.717) is 0 Å². The lowest BCUT2D eigenvalue weighted by molar-refractivity contribution is 0.748. The van der Waals surface area contributed by atoms with Gasteiger partial charge < -0.3 is 4.90 Å². The summed E-state index contributed by atoms with van der Waals surface area (Å²) in [6, 6.07) is 8.68. The summed E-state index contributed by atoms with van der Waals surface area (Å²) in [5.41, 5.74) is 5.08. The maximum atomic E-state index is 4.17. The highest BCUT2D eigenvalue weighted by Gasteiger charge is 2.19. The van der Waals surface area contributed by atoms with Crippen LogP contribution < -0.4 is 4.90 Å². The predicted molar refractivity (Wildman–Crippen MR) is 79.8 cm³/mol. The van der Waals surface area contributed by atoms with E-state index < -0.39 is 0 Å². The Balaban J connectivity index is 2.37. The van der Waals surface area contributed by atoms with E-state index in [1.54, 1.807) is 0 Å². The minimum absolute atomic E-state index is 1.08. The molecular formula is C17H21N. The lowest BCUT2D eigenvalue weighted by Crippen LogP contribution is -2.29. The fourth-order valence-corrected chi connectivity index (χ4v) is 2.58. The molecule has 18 heavy (non-hydrogen) atoms. The maximum Gasteiger partial charge on any atom is 0.0443 e. The molecule has 0 saturated carbocycles. The van der Waals surface area contributed by atoms with Gasteiger partial charge in [0.15, 0.2) is 0 Å². The largest absolute Gasteiger partial charge is 0.341 e. The summed E-state index contributed by atoms with van der Waals surface area (Å²) in [4.78, 5) is 2.39. The van der Waals surface area contributed by atoms with E-state index in [1.807, 2.05) is 13.0 Å². The van der Waals surface area contributed by atoms with Crippen molar-refractivity contribution in [2.24, 2.45) is 0 Å². The number of aryl methyl sites for hydroxylation is 1. The van der Waals surface area contributed by atoms with Gasteiger partial charge in [0.25, 0.3) is 0 Å². The van der Waals surface area contributed by atoms with E-state index in [1.165, 1.54) is 29.8 Å². The van der Waals surface area contributed by atoms with E-state index in [2.05, 4.69) is 54.8 Å². The summed E-state index contributed by atoms with van der Waals surface area (Å²) >= 11 is 0. The molecule has 2 rings (SSSR count). The molecule has 1 heterocycles. The molecule has 0 fully saturated rings. The topological polar surface area (TPSA) is 3.24 Å². The highest BCUT2D eigenvalue weighted by molar-refractivity contribution is 5.63. The van der Waals surface area contributed by atoms with Gasteiger partial charge in [-0.05, 0) is 43.9 Å². The highest BCUT2D eigenvalue weighted by Crippen LogP contribution is 2.31. The highest BCUT2D eigenvalue weighted by atomic mass is 15.1. The second-order valence-electron chi connectivity index (χ2n) is 4.58. The SMILES string of the molecule is C=C(/C=C\C)/C(=C\C)N1CCCc2ccccc21. The molecule has 1 aliphatic rings. The third-order valence-electron chi connectivity index (χ3n) is 3.37. The molecule has 0 spiro atoms. The minimum Gasteiger partial charge on any atom is -0.341 e.